The average Bonchev–Trinajstić information content (AvgIpc) is 2.85. The van der Waals surface area contributed by atoms with Gasteiger partial charge < -0.3 is 25.4 Å². The number of nitrogens with two attached hydrogens (primary N) is 1. The van der Waals surface area contributed by atoms with E-state index in [0.717, 1.165) is 4.90 Å². The minimum Gasteiger partial charge on any atom is -0.480 e. The third-order valence-corrected chi connectivity index (χ3v) is 3.00. The molecule has 1 saturated heterocycles. The van der Waals surface area contributed by atoms with Gasteiger partial charge in [-0.25, -0.2) is 9.59 Å². The Morgan fingerprint density at radius 2 is 2.00 bits per heavy atom. The minimum absolute atomic E-state index is 0.192. The van der Waals surface area contributed by atoms with E-state index in [4.69, 9.17) is 15.6 Å². The van der Waals surface area contributed by atoms with Crippen molar-refractivity contribution in [1.82, 2.24) is 9.80 Å². The highest BCUT2D eigenvalue weighted by Gasteiger charge is 2.37. The Kier molecular flexibility index (Phi) is 5.94. The van der Waals surface area contributed by atoms with Crippen LogP contribution in [0, 0.1) is 0 Å². The van der Waals surface area contributed by atoms with Gasteiger partial charge in [0.25, 0.3) is 0 Å². The van der Waals surface area contributed by atoms with Crippen LogP contribution in [-0.2, 0) is 19.1 Å². The summed E-state index contributed by atoms with van der Waals surface area (Å²) in [6.45, 7) is 0.975. The van der Waals surface area contributed by atoms with Crippen LogP contribution in [0.25, 0.3) is 0 Å². The number of likely N-dealkylation sites (tertiary alicyclic amines) is 1. The summed E-state index contributed by atoms with van der Waals surface area (Å²) >= 11 is 0. The minimum atomic E-state index is -1.27. The molecule has 0 aromatic rings. The van der Waals surface area contributed by atoms with E-state index < -0.39 is 43.0 Å². The lowest BCUT2D eigenvalue weighted by Crippen LogP contribution is -2.51. The first kappa shape index (κ1) is 16.7. The average molecular weight is 301 g/mol. The molecule has 21 heavy (non-hydrogen) atoms. The number of carbonyl (C=O) groups excluding carboxylic acids is 3. The molecule has 9 nitrogen and oxygen atoms in total. The normalized spacial score (nSPS) is 17.4. The van der Waals surface area contributed by atoms with Crippen molar-refractivity contribution in [3.05, 3.63) is 0 Å². The highest BCUT2D eigenvalue weighted by molar-refractivity contribution is 5.89. The first-order valence-corrected chi connectivity index (χ1v) is 6.59. The number of amides is 3. The molecule has 0 saturated carbocycles. The Labute approximate surface area is 121 Å². The van der Waals surface area contributed by atoms with Crippen molar-refractivity contribution in [3.63, 3.8) is 0 Å². The molecule has 3 amide bonds. The second kappa shape index (κ2) is 7.46. The van der Waals surface area contributed by atoms with Gasteiger partial charge >= 0.3 is 18.0 Å². The van der Waals surface area contributed by atoms with E-state index in [0.29, 0.717) is 19.4 Å². The Morgan fingerprint density at radius 1 is 1.33 bits per heavy atom. The monoisotopic (exact) mass is 301 g/mol. The summed E-state index contributed by atoms with van der Waals surface area (Å²) in [5, 5.41) is 8.79. The van der Waals surface area contributed by atoms with E-state index >= 15 is 0 Å². The highest BCUT2D eigenvalue weighted by atomic mass is 16.5. The predicted molar refractivity (Wildman–Crippen MR) is 70.2 cm³/mol. The van der Waals surface area contributed by atoms with Gasteiger partial charge in [-0.05, 0) is 19.8 Å². The van der Waals surface area contributed by atoms with Crippen molar-refractivity contribution in [1.29, 1.82) is 0 Å². The van der Waals surface area contributed by atoms with Gasteiger partial charge in [-0.1, -0.05) is 0 Å². The van der Waals surface area contributed by atoms with Crippen LogP contribution in [0.15, 0.2) is 0 Å². The van der Waals surface area contributed by atoms with Crippen LogP contribution in [0.2, 0.25) is 0 Å². The maximum Gasteiger partial charge on any atom is 0.328 e. The van der Waals surface area contributed by atoms with Gasteiger partial charge in [-0.15, -0.1) is 0 Å². The lowest BCUT2D eigenvalue weighted by atomic mass is 10.2. The predicted octanol–water partition coefficient (Wildman–Crippen LogP) is -0.994. The molecule has 1 aliphatic heterocycles. The molecule has 0 aromatic heterocycles. The summed E-state index contributed by atoms with van der Waals surface area (Å²) in [7, 11) is 0. The quantitative estimate of drug-likeness (QED) is 0.605. The highest BCUT2D eigenvalue weighted by Crippen LogP contribution is 2.20. The van der Waals surface area contributed by atoms with Crippen molar-refractivity contribution < 1.29 is 29.0 Å². The summed E-state index contributed by atoms with van der Waals surface area (Å²) in [6, 6.07) is -1.45. The molecule has 9 heteroatoms. The lowest BCUT2D eigenvalue weighted by molar-refractivity contribution is -0.147. The summed E-state index contributed by atoms with van der Waals surface area (Å²) in [4.78, 5) is 47.9. The number of rotatable bonds is 6. The number of aliphatic carboxylic acids is 1. The molecule has 0 aromatic carbocycles. The fourth-order valence-corrected chi connectivity index (χ4v) is 2.20. The van der Waals surface area contributed by atoms with Crippen molar-refractivity contribution in [2.75, 3.05) is 26.2 Å². The third kappa shape index (κ3) is 4.62. The molecular formula is C12H19N3O6. The third-order valence-electron chi connectivity index (χ3n) is 3.00. The van der Waals surface area contributed by atoms with Gasteiger partial charge in [-0.3, -0.25) is 9.59 Å². The number of nitrogens with zero attached hydrogens (tertiary/aromatic N) is 2. The largest absolute Gasteiger partial charge is 0.480 e. The molecule has 118 valence electrons. The van der Waals surface area contributed by atoms with Gasteiger partial charge in [0.1, 0.15) is 19.1 Å². The van der Waals surface area contributed by atoms with Crippen molar-refractivity contribution in [3.8, 4) is 0 Å². The number of hydrogen-bond donors (Lipinski definition) is 2. The lowest BCUT2D eigenvalue weighted by Gasteiger charge is -2.29. The van der Waals surface area contributed by atoms with E-state index in [2.05, 4.69) is 0 Å². The molecule has 1 aliphatic rings. The van der Waals surface area contributed by atoms with Crippen LogP contribution in [0.5, 0.6) is 0 Å². The number of hydrogen-bond acceptors (Lipinski definition) is 5. The second-order valence-electron chi connectivity index (χ2n) is 4.60. The molecule has 0 bridgehead atoms. The molecule has 1 fully saturated rings. The summed E-state index contributed by atoms with van der Waals surface area (Å²) in [5.41, 5.74) is 5.01. The fraction of sp³-hybridized carbons (Fsp3) is 0.667. The summed E-state index contributed by atoms with van der Waals surface area (Å²) < 4.78 is 4.89. The molecule has 0 aliphatic carbocycles. The van der Waals surface area contributed by atoms with Crippen LogP contribution in [-0.4, -0.2) is 71.1 Å². The maximum absolute atomic E-state index is 12.3. The zero-order valence-electron chi connectivity index (χ0n) is 11.8. The van der Waals surface area contributed by atoms with Gasteiger partial charge in [-0.2, -0.15) is 0 Å². The Balaban J connectivity index is 2.83. The van der Waals surface area contributed by atoms with E-state index in [1.165, 1.54) is 4.90 Å². The van der Waals surface area contributed by atoms with Crippen molar-refractivity contribution in [2.24, 2.45) is 5.73 Å². The molecule has 1 atom stereocenters. The fourth-order valence-electron chi connectivity index (χ4n) is 2.20. The number of carbonyl (C=O) groups is 4. The van der Waals surface area contributed by atoms with E-state index in [1.54, 1.807) is 6.92 Å². The van der Waals surface area contributed by atoms with Crippen LogP contribution >= 0.6 is 0 Å². The van der Waals surface area contributed by atoms with E-state index in [9.17, 15) is 19.2 Å². The van der Waals surface area contributed by atoms with Crippen LogP contribution in [0.4, 0.5) is 4.79 Å². The number of ether oxygens (including phenoxy) is 1. The first-order valence-electron chi connectivity index (χ1n) is 6.59. The second-order valence-corrected chi connectivity index (χ2v) is 4.60. The van der Waals surface area contributed by atoms with Gasteiger partial charge in [0.15, 0.2) is 0 Å². The Morgan fingerprint density at radius 3 is 2.52 bits per heavy atom. The van der Waals surface area contributed by atoms with Gasteiger partial charge in [0.2, 0.25) is 5.91 Å². The molecule has 1 heterocycles. The smallest absolute Gasteiger partial charge is 0.328 e. The zero-order chi connectivity index (χ0) is 16.0. The Hall–Kier alpha value is -2.32. The first-order chi connectivity index (χ1) is 9.86. The standard InChI is InChI=1S/C12H19N3O6/c1-2-21-11(19)8-4-3-5-15(8)12(20)14(6-9(13)16)7-10(17)18/h8H,2-7H2,1H3,(H2,13,16)(H,17,18). The van der Waals surface area contributed by atoms with Crippen LogP contribution in [0.3, 0.4) is 0 Å². The van der Waals surface area contributed by atoms with Crippen molar-refractivity contribution >= 4 is 23.9 Å². The maximum atomic E-state index is 12.3. The zero-order valence-corrected chi connectivity index (χ0v) is 11.8. The van der Waals surface area contributed by atoms with Crippen LogP contribution < -0.4 is 5.73 Å². The molecule has 1 unspecified atom stereocenters. The molecule has 1 rings (SSSR count). The molecular weight excluding hydrogens is 282 g/mol. The van der Waals surface area contributed by atoms with Crippen LogP contribution in [0.1, 0.15) is 19.8 Å². The SMILES string of the molecule is CCOC(=O)C1CCCN1C(=O)N(CC(N)=O)CC(=O)O. The number of primary amides is 1. The number of carboxylic acids is 1. The molecule has 3 N–H and O–H groups in total. The Bertz CT molecular complexity index is 423. The topological polar surface area (TPSA) is 130 Å². The molecule has 0 spiro atoms. The van der Waals surface area contributed by atoms with Gasteiger partial charge in [0.05, 0.1) is 6.61 Å². The molecule has 0 radical (unpaired) electrons. The summed E-state index contributed by atoms with van der Waals surface area (Å²) in [6.07, 6.45) is 1.05. The number of carboxylic acid groups (broad SMARTS) is 1. The number of urea groups is 1. The van der Waals surface area contributed by atoms with Gasteiger partial charge in [0, 0.05) is 6.54 Å². The number of esters is 1. The van der Waals surface area contributed by atoms with E-state index in [1.807, 2.05) is 0 Å². The van der Waals surface area contributed by atoms with Crippen molar-refractivity contribution in [2.45, 2.75) is 25.8 Å². The van der Waals surface area contributed by atoms with E-state index in [-0.39, 0.29) is 6.61 Å². The summed E-state index contributed by atoms with van der Waals surface area (Å²) in [5.74, 6) is -2.62.